The summed E-state index contributed by atoms with van der Waals surface area (Å²) in [6, 6.07) is 4.73. The maximum atomic E-state index is 10.8. The van der Waals surface area contributed by atoms with Crippen molar-refractivity contribution in [2.24, 2.45) is 0 Å². The summed E-state index contributed by atoms with van der Waals surface area (Å²) in [6.45, 7) is 6.10. The number of thiophene rings is 1. The second-order valence-electron chi connectivity index (χ2n) is 4.53. The van der Waals surface area contributed by atoms with Crippen LogP contribution in [0, 0.1) is 24.0 Å². The molecule has 0 amide bonds. The third-order valence-electron chi connectivity index (χ3n) is 2.90. The Hall–Kier alpha value is -1.66. The van der Waals surface area contributed by atoms with Crippen molar-refractivity contribution in [2.75, 3.05) is 5.32 Å². The lowest BCUT2D eigenvalue weighted by atomic mass is 10.1. The Kier molecular flexibility index (Phi) is 4.25. The molecule has 2 heterocycles. The van der Waals surface area contributed by atoms with Gasteiger partial charge in [-0.2, -0.15) is 0 Å². The van der Waals surface area contributed by atoms with Crippen molar-refractivity contribution in [3.05, 3.63) is 48.8 Å². The largest absolute Gasteiger partial charge is 0.363 e. The first kappa shape index (κ1) is 14.7. The van der Waals surface area contributed by atoms with Gasteiger partial charge in [0.25, 0.3) is 5.69 Å². The number of halogens is 1. The first-order valence-electron chi connectivity index (χ1n) is 6.02. The summed E-state index contributed by atoms with van der Waals surface area (Å²) in [5.74, 6) is 0.403. The minimum atomic E-state index is -0.483. The molecule has 2 rings (SSSR count). The van der Waals surface area contributed by atoms with E-state index in [0.29, 0.717) is 5.82 Å². The number of nitrogens with zero attached hydrogens (tertiary/aromatic N) is 2. The van der Waals surface area contributed by atoms with Crippen molar-refractivity contribution >= 4 is 34.4 Å². The summed E-state index contributed by atoms with van der Waals surface area (Å²) >= 11 is 7.53. The van der Waals surface area contributed by atoms with Crippen LogP contribution in [-0.2, 0) is 0 Å². The normalized spacial score (nSPS) is 12.2. The lowest BCUT2D eigenvalue weighted by Crippen LogP contribution is -2.08. The Labute approximate surface area is 125 Å². The smallest absolute Gasteiger partial charge is 0.276 e. The van der Waals surface area contributed by atoms with E-state index in [1.54, 1.807) is 11.3 Å². The quantitative estimate of drug-likeness (QED) is 0.513. The zero-order valence-electron chi connectivity index (χ0n) is 11.3. The van der Waals surface area contributed by atoms with Crippen LogP contribution in [0.5, 0.6) is 0 Å². The van der Waals surface area contributed by atoms with Gasteiger partial charge in [0.1, 0.15) is 11.0 Å². The average Bonchev–Trinajstić information content (AvgIpc) is 2.67. The van der Waals surface area contributed by atoms with Crippen LogP contribution in [0.2, 0.25) is 5.15 Å². The van der Waals surface area contributed by atoms with Crippen LogP contribution in [0.25, 0.3) is 0 Å². The second kappa shape index (κ2) is 5.76. The summed E-state index contributed by atoms with van der Waals surface area (Å²) in [6.07, 6.45) is 0. The lowest BCUT2D eigenvalue weighted by molar-refractivity contribution is -0.384. The maximum Gasteiger partial charge on any atom is 0.276 e. The molecule has 0 aliphatic rings. The fourth-order valence-corrected chi connectivity index (χ4v) is 3.27. The Morgan fingerprint density at radius 2 is 2.10 bits per heavy atom. The molecule has 0 bridgehead atoms. The minimum Gasteiger partial charge on any atom is -0.363 e. The highest BCUT2D eigenvalue weighted by molar-refractivity contribution is 7.12. The molecule has 106 valence electrons. The van der Waals surface area contributed by atoms with Crippen LogP contribution in [0.4, 0.5) is 11.5 Å². The van der Waals surface area contributed by atoms with Gasteiger partial charge < -0.3 is 5.32 Å². The topological polar surface area (TPSA) is 68.1 Å². The van der Waals surface area contributed by atoms with Crippen LogP contribution >= 0.6 is 22.9 Å². The number of nitrogens with one attached hydrogen (secondary N) is 1. The van der Waals surface area contributed by atoms with Crippen LogP contribution in [-0.4, -0.2) is 9.91 Å². The van der Waals surface area contributed by atoms with E-state index in [9.17, 15) is 10.1 Å². The number of pyridine rings is 1. The molecule has 0 aliphatic carbocycles. The van der Waals surface area contributed by atoms with Gasteiger partial charge in [-0.05, 0) is 32.4 Å². The minimum absolute atomic E-state index is 0.00511. The Morgan fingerprint density at radius 3 is 2.65 bits per heavy atom. The third-order valence-corrected chi connectivity index (χ3v) is 4.08. The first-order chi connectivity index (χ1) is 9.36. The predicted molar refractivity (Wildman–Crippen MR) is 81.7 cm³/mol. The van der Waals surface area contributed by atoms with Gasteiger partial charge in [-0.25, -0.2) is 4.98 Å². The van der Waals surface area contributed by atoms with Gasteiger partial charge in [-0.1, -0.05) is 11.6 Å². The van der Waals surface area contributed by atoms with Crippen LogP contribution in [0.1, 0.15) is 28.3 Å². The molecule has 0 saturated heterocycles. The molecular formula is C13H14ClN3O2S. The Balaban J connectivity index is 2.25. The van der Waals surface area contributed by atoms with Crippen molar-refractivity contribution in [3.63, 3.8) is 0 Å². The van der Waals surface area contributed by atoms with Gasteiger partial charge in [0, 0.05) is 9.75 Å². The van der Waals surface area contributed by atoms with Crippen molar-refractivity contribution in [1.29, 1.82) is 0 Å². The van der Waals surface area contributed by atoms with E-state index in [1.165, 1.54) is 21.9 Å². The van der Waals surface area contributed by atoms with Crippen molar-refractivity contribution in [3.8, 4) is 0 Å². The molecule has 7 heteroatoms. The molecule has 2 aromatic heterocycles. The van der Waals surface area contributed by atoms with Gasteiger partial charge in [0.2, 0.25) is 0 Å². The highest BCUT2D eigenvalue weighted by atomic mass is 35.5. The van der Waals surface area contributed by atoms with Crippen LogP contribution in [0.15, 0.2) is 18.2 Å². The molecular weight excluding hydrogens is 298 g/mol. The van der Waals surface area contributed by atoms with Crippen molar-refractivity contribution in [2.45, 2.75) is 26.8 Å². The zero-order chi connectivity index (χ0) is 14.9. The number of aryl methyl sites for hydroxylation is 2. The fourth-order valence-electron chi connectivity index (χ4n) is 2.04. The molecule has 0 radical (unpaired) electrons. The number of anilines is 1. The first-order valence-corrected chi connectivity index (χ1v) is 7.21. The van der Waals surface area contributed by atoms with Crippen LogP contribution in [0.3, 0.4) is 0 Å². The molecule has 0 saturated carbocycles. The molecule has 5 nitrogen and oxygen atoms in total. The molecule has 1 atom stereocenters. The van der Waals surface area contributed by atoms with Gasteiger partial charge in [-0.15, -0.1) is 11.3 Å². The molecule has 0 fully saturated rings. The van der Waals surface area contributed by atoms with Crippen molar-refractivity contribution in [1.82, 2.24) is 4.98 Å². The number of nitro groups is 1. The summed E-state index contributed by atoms with van der Waals surface area (Å²) in [5, 5.41) is 14.1. The molecule has 1 N–H and O–H groups in total. The van der Waals surface area contributed by atoms with Gasteiger partial charge in [0.05, 0.1) is 23.1 Å². The monoisotopic (exact) mass is 311 g/mol. The molecule has 0 spiro atoms. The molecule has 1 unspecified atom stereocenters. The fraction of sp³-hybridized carbons (Fsp3) is 0.308. The number of rotatable bonds is 4. The number of hydrogen-bond donors (Lipinski definition) is 1. The van der Waals surface area contributed by atoms with E-state index in [2.05, 4.69) is 30.2 Å². The van der Waals surface area contributed by atoms with Crippen molar-refractivity contribution < 1.29 is 4.92 Å². The Morgan fingerprint density at radius 1 is 1.40 bits per heavy atom. The zero-order valence-corrected chi connectivity index (χ0v) is 12.9. The van der Waals surface area contributed by atoms with E-state index in [4.69, 9.17) is 11.6 Å². The van der Waals surface area contributed by atoms with E-state index in [-0.39, 0.29) is 16.9 Å². The summed E-state index contributed by atoms with van der Waals surface area (Å²) in [7, 11) is 0. The lowest BCUT2D eigenvalue weighted by Gasteiger charge is -2.14. The molecule has 2 aromatic rings. The SMILES string of the molecule is Cc1cc(C(C)Nc2cc([N+](=O)[O-])cc(Cl)n2)c(C)s1. The summed E-state index contributed by atoms with van der Waals surface area (Å²) < 4.78 is 0. The number of hydrogen-bond acceptors (Lipinski definition) is 5. The molecule has 20 heavy (non-hydrogen) atoms. The number of aromatic nitrogens is 1. The van der Waals surface area contributed by atoms with E-state index in [0.717, 1.165) is 5.56 Å². The summed E-state index contributed by atoms with van der Waals surface area (Å²) in [5.41, 5.74) is 1.09. The predicted octanol–water partition coefficient (Wildman–Crippen LogP) is 4.49. The third kappa shape index (κ3) is 3.26. The highest BCUT2D eigenvalue weighted by Gasteiger charge is 2.15. The standard InChI is InChI=1S/C13H14ClN3O2S/c1-7-4-11(9(3)20-7)8(2)15-13-6-10(17(18)19)5-12(14)16-13/h4-6,8H,1-3H3,(H,15,16). The molecule has 0 aromatic carbocycles. The van der Waals surface area contributed by atoms with E-state index in [1.807, 2.05) is 6.92 Å². The van der Waals surface area contributed by atoms with E-state index < -0.39 is 4.92 Å². The Bertz CT molecular complexity index is 657. The van der Waals surface area contributed by atoms with Gasteiger partial charge in [-0.3, -0.25) is 10.1 Å². The van der Waals surface area contributed by atoms with E-state index >= 15 is 0 Å². The second-order valence-corrected chi connectivity index (χ2v) is 6.37. The highest BCUT2D eigenvalue weighted by Crippen LogP contribution is 2.29. The summed E-state index contributed by atoms with van der Waals surface area (Å²) in [4.78, 5) is 16.9. The van der Waals surface area contributed by atoms with Gasteiger partial charge >= 0.3 is 0 Å². The maximum absolute atomic E-state index is 10.8. The molecule has 0 aliphatic heterocycles. The van der Waals surface area contributed by atoms with Crippen LogP contribution < -0.4 is 5.32 Å². The van der Waals surface area contributed by atoms with Gasteiger partial charge in [0.15, 0.2) is 0 Å². The average molecular weight is 312 g/mol.